The third kappa shape index (κ3) is 2.92. The summed E-state index contributed by atoms with van der Waals surface area (Å²) in [7, 11) is 1.45. The van der Waals surface area contributed by atoms with Crippen molar-refractivity contribution in [2.45, 2.75) is 19.3 Å². The summed E-state index contributed by atoms with van der Waals surface area (Å²) < 4.78 is 19.1. The van der Waals surface area contributed by atoms with Crippen molar-refractivity contribution in [1.82, 2.24) is 0 Å². The standard InChI is InChI=1S/C11H15BrFNO/c1-7(3-4-14)8-5-9(12)11(15-2)10(13)6-8/h5-7H,3-4,14H2,1-2H3. The van der Waals surface area contributed by atoms with E-state index in [-0.39, 0.29) is 17.5 Å². The van der Waals surface area contributed by atoms with Crippen molar-refractivity contribution in [3.63, 3.8) is 0 Å². The fraction of sp³-hybridized carbons (Fsp3) is 0.455. The molecule has 0 saturated carbocycles. The fourth-order valence-corrected chi connectivity index (χ4v) is 2.09. The maximum absolute atomic E-state index is 13.5. The van der Waals surface area contributed by atoms with Crippen molar-refractivity contribution >= 4 is 15.9 Å². The summed E-state index contributed by atoms with van der Waals surface area (Å²) in [5, 5.41) is 0. The number of nitrogens with two attached hydrogens (primary N) is 1. The van der Waals surface area contributed by atoms with E-state index in [0.717, 1.165) is 12.0 Å². The second kappa shape index (κ2) is 5.47. The van der Waals surface area contributed by atoms with Gasteiger partial charge in [-0.3, -0.25) is 0 Å². The van der Waals surface area contributed by atoms with Crippen molar-refractivity contribution < 1.29 is 9.13 Å². The number of methoxy groups -OCH3 is 1. The summed E-state index contributed by atoms with van der Waals surface area (Å²) in [5.41, 5.74) is 6.40. The zero-order chi connectivity index (χ0) is 11.4. The minimum atomic E-state index is -0.342. The number of hydrogen-bond acceptors (Lipinski definition) is 2. The molecule has 0 aromatic heterocycles. The van der Waals surface area contributed by atoms with Crippen LogP contribution < -0.4 is 10.5 Å². The number of halogens is 2. The Labute approximate surface area is 97.7 Å². The molecule has 1 atom stereocenters. The first-order valence-electron chi connectivity index (χ1n) is 4.83. The lowest BCUT2D eigenvalue weighted by molar-refractivity contribution is 0.383. The van der Waals surface area contributed by atoms with Gasteiger partial charge < -0.3 is 10.5 Å². The summed E-state index contributed by atoms with van der Waals surface area (Å²) in [6, 6.07) is 3.38. The van der Waals surface area contributed by atoms with E-state index in [9.17, 15) is 4.39 Å². The number of hydrogen-bond donors (Lipinski definition) is 1. The summed E-state index contributed by atoms with van der Waals surface area (Å²) in [6.45, 7) is 2.63. The molecule has 84 valence electrons. The first-order chi connectivity index (χ1) is 7.10. The van der Waals surface area contributed by atoms with E-state index in [1.165, 1.54) is 13.2 Å². The van der Waals surface area contributed by atoms with E-state index < -0.39 is 0 Å². The largest absolute Gasteiger partial charge is 0.492 e. The van der Waals surface area contributed by atoms with Gasteiger partial charge in [-0.1, -0.05) is 6.92 Å². The van der Waals surface area contributed by atoms with Crippen LogP contribution >= 0.6 is 15.9 Å². The van der Waals surface area contributed by atoms with Gasteiger partial charge in [0.2, 0.25) is 0 Å². The molecule has 1 rings (SSSR count). The molecule has 0 spiro atoms. The molecule has 2 N–H and O–H groups in total. The van der Waals surface area contributed by atoms with Crippen LogP contribution in [0.2, 0.25) is 0 Å². The van der Waals surface area contributed by atoms with Crippen molar-refractivity contribution in [1.29, 1.82) is 0 Å². The molecule has 15 heavy (non-hydrogen) atoms. The van der Waals surface area contributed by atoms with Crippen LogP contribution in [0.25, 0.3) is 0 Å². The topological polar surface area (TPSA) is 35.2 Å². The molecular formula is C11H15BrFNO. The number of rotatable bonds is 4. The van der Waals surface area contributed by atoms with Gasteiger partial charge >= 0.3 is 0 Å². The van der Waals surface area contributed by atoms with Gasteiger partial charge in [0.25, 0.3) is 0 Å². The van der Waals surface area contributed by atoms with E-state index in [2.05, 4.69) is 15.9 Å². The average molecular weight is 276 g/mol. The monoisotopic (exact) mass is 275 g/mol. The van der Waals surface area contributed by atoms with Crippen LogP contribution in [0, 0.1) is 5.82 Å². The van der Waals surface area contributed by atoms with Crippen LogP contribution in [0.5, 0.6) is 5.75 Å². The van der Waals surface area contributed by atoms with Gasteiger partial charge in [-0.2, -0.15) is 0 Å². The highest BCUT2D eigenvalue weighted by molar-refractivity contribution is 9.10. The molecule has 0 heterocycles. The Balaban J connectivity index is 3.02. The second-order valence-corrected chi connectivity index (χ2v) is 4.35. The lowest BCUT2D eigenvalue weighted by Gasteiger charge is -2.13. The van der Waals surface area contributed by atoms with Crippen LogP contribution in [0.15, 0.2) is 16.6 Å². The molecule has 2 nitrogen and oxygen atoms in total. The lowest BCUT2D eigenvalue weighted by atomic mass is 9.98. The molecule has 1 unspecified atom stereocenters. The molecule has 0 aliphatic carbocycles. The fourth-order valence-electron chi connectivity index (χ4n) is 1.48. The van der Waals surface area contributed by atoms with Crippen molar-refractivity contribution in [2.24, 2.45) is 5.73 Å². The van der Waals surface area contributed by atoms with E-state index in [1.807, 2.05) is 13.0 Å². The SMILES string of the molecule is COc1c(F)cc(C(C)CCN)cc1Br. The third-order valence-corrected chi connectivity index (χ3v) is 2.98. The molecule has 0 aliphatic heterocycles. The Hall–Kier alpha value is -0.610. The van der Waals surface area contributed by atoms with Gasteiger partial charge in [0, 0.05) is 0 Å². The first-order valence-corrected chi connectivity index (χ1v) is 5.62. The van der Waals surface area contributed by atoms with Crippen molar-refractivity contribution in [3.05, 3.63) is 28.0 Å². The minimum Gasteiger partial charge on any atom is -0.492 e. The van der Waals surface area contributed by atoms with Crippen LogP contribution in [-0.2, 0) is 0 Å². The Morgan fingerprint density at radius 3 is 2.67 bits per heavy atom. The average Bonchev–Trinajstić information content (AvgIpc) is 2.17. The smallest absolute Gasteiger partial charge is 0.168 e. The van der Waals surface area contributed by atoms with Crippen molar-refractivity contribution in [2.75, 3.05) is 13.7 Å². The maximum Gasteiger partial charge on any atom is 0.168 e. The molecule has 1 aromatic carbocycles. The summed E-state index contributed by atoms with van der Waals surface area (Å²) >= 11 is 3.28. The lowest BCUT2D eigenvalue weighted by Crippen LogP contribution is -2.05. The molecule has 0 amide bonds. The van der Waals surface area contributed by atoms with Gasteiger partial charge in [-0.05, 0) is 52.5 Å². The molecule has 0 saturated heterocycles. The molecule has 4 heteroatoms. The summed E-state index contributed by atoms with van der Waals surface area (Å²) in [4.78, 5) is 0. The third-order valence-electron chi connectivity index (χ3n) is 2.39. The highest BCUT2D eigenvalue weighted by Crippen LogP contribution is 2.32. The first kappa shape index (κ1) is 12.5. The maximum atomic E-state index is 13.5. The number of benzene rings is 1. The normalized spacial score (nSPS) is 12.6. The van der Waals surface area contributed by atoms with Gasteiger partial charge in [0.15, 0.2) is 11.6 Å². The van der Waals surface area contributed by atoms with Crippen LogP contribution in [0.1, 0.15) is 24.8 Å². The second-order valence-electron chi connectivity index (χ2n) is 3.50. The van der Waals surface area contributed by atoms with Gasteiger partial charge in [0.05, 0.1) is 11.6 Å². The molecule has 0 aliphatic rings. The molecule has 0 fully saturated rings. The molecule has 0 radical (unpaired) electrons. The molecule has 1 aromatic rings. The highest BCUT2D eigenvalue weighted by Gasteiger charge is 2.13. The zero-order valence-corrected chi connectivity index (χ0v) is 10.5. The van der Waals surface area contributed by atoms with E-state index >= 15 is 0 Å². The predicted molar refractivity (Wildman–Crippen MR) is 62.7 cm³/mol. The minimum absolute atomic E-state index is 0.249. The van der Waals surface area contributed by atoms with Crippen LogP contribution in [-0.4, -0.2) is 13.7 Å². The van der Waals surface area contributed by atoms with Gasteiger partial charge in [-0.15, -0.1) is 0 Å². The molecular weight excluding hydrogens is 261 g/mol. The molecule has 0 bridgehead atoms. The Bertz CT molecular complexity index is 320. The van der Waals surface area contributed by atoms with Crippen LogP contribution in [0.4, 0.5) is 4.39 Å². The van der Waals surface area contributed by atoms with E-state index in [0.29, 0.717) is 11.0 Å². The zero-order valence-electron chi connectivity index (χ0n) is 8.89. The predicted octanol–water partition coefficient (Wildman–Crippen LogP) is 3.05. The van der Waals surface area contributed by atoms with Crippen molar-refractivity contribution in [3.8, 4) is 5.75 Å². The van der Waals surface area contributed by atoms with E-state index in [4.69, 9.17) is 10.5 Å². The Morgan fingerprint density at radius 2 is 2.20 bits per heavy atom. The number of ether oxygens (including phenoxy) is 1. The Morgan fingerprint density at radius 1 is 1.53 bits per heavy atom. The quantitative estimate of drug-likeness (QED) is 0.917. The Kier molecular flexibility index (Phi) is 4.54. The summed E-state index contributed by atoms with van der Waals surface area (Å²) in [5.74, 6) is 0.163. The summed E-state index contributed by atoms with van der Waals surface area (Å²) in [6.07, 6.45) is 0.845. The highest BCUT2D eigenvalue weighted by atomic mass is 79.9. The van der Waals surface area contributed by atoms with Gasteiger partial charge in [-0.25, -0.2) is 4.39 Å². The van der Waals surface area contributed by atoms with Gasteiger partial charge in [0.1, 0.15) is 0 Å². The van der Waals surface area contributed by atoms with Crippen LogP contribution in [0.3, 0.4) is 0 Å². The van der Waals surface area contributed by atoms with E-state index in [1.54, 1.807) is 0 Å².